The Morgan fingerprint density at radius 2 is 1.66 bits per heavy atom. The van der Waals surface area contributed by atoms with Crippen molar-refractivity contribution in [3.05, 3.63) is 77.3 Å². The summed E-state index contributed by atoms with van der Waals surface area (Å²) in [7, 11) is -6.09. The molecule has 0 amide bonds. The van der Waals surface area contributed by atoms with Gasteiger partial charge < -0.3 is 24.8 Å². The van der Waals surface area contributed by atoms with Gasteiger partial charge in [0.2, 0.25) is 10.0 Å². The zero-order chi connectivity index (χ0) is 31.9. The van der Waals surface area contributed by atoms with Gasteiger partial charge in [-0.05, 0) is 79.1 Å². The number of aliphatic hydroxyl groups is 1. The molecule has 4 rings (SSSR count). The van der Waals surface area contributed by atoms with Crippen LogP contribution >= 0.6 is 11.6 Å². The summed E-state index contributed by atoms with van der Waals surface area (Å²) in [5, 5.41) is 14.3. The van der Waals surface area contributed by atoms with Crippen LogP contribution in [0.2, 0.25) is 5.02 Å². The Balaban J connectivity index is 1.25. The van der Waals surface area contributed by atoms with Crippen molar-refractivity contribution in [1.29, 1.82) is 0 Å². The lowest BCUT2D eigenvalue weighted by Gasteiger charge is -2.34. The number of benzene rings is 3. The second kappa shape index (κ2) is 14.5. The third-order valence-corrected chi connectivity index (χ3v) is 9.29. The minimum Gasteiger partial charge on any atom is -0.482 e. The summed E-state index contributed by atoms with van der Waals surface area (Å²) in [6, 6.07) is 17.8. The Bertz CT molecular complexity index is 1650. The topological polar surface area (TPSA) is 163 Å². The number of nitrogens with one attached hydrogen (secondary N) is 3. The fraction of sp³-hybridized carbons (Fsp3) is 0.345. The van der Waals surface area contributed by atoms with Crippen molar-refractivity contribution in [1.82, 2.24) is 5.32 Å². The third kappa shape index (κ3) is 9.47. The summed E-state index contributed by atoms with van der Waals surface area (Å²) < 4.78 is 63.5. The number of halogens is 1. The number of ether oxygens (including phenoxy) is 2. The van der Waals surface area contributed by atoms with E-state index in [1.54, 1.807) is 24.3 Å². The predicted octanol–water partition coefficient (Wildman–Crippen LogP) is 3.36. The van der Waals surface area contributed by atoms with Gasteiger partial charge in [0, 0.05) is 37.1 Å². The molecule has 44 heavy (non-hydrogen) atoms. The number of methoxy groups -OCH3 is 1. The summed E-state index contributed by atoms with van der Waals surface area (Å²) in [5.41, 5.74) is 2.14. The summed E-state index contributed by atoms with van der Waals surface area (Å²) in [4.78, 5) is 13.5. The molecule has 3 aromatic carbocycles. The number of carbonyl (C=O) groups excluding carboxylic acids is 1. The van der Waals surface area contributed by atoms with Crippen molar-refractivity contribution in [2.24, 2.45) is 0 Å². The molecule has 1 atom stereocenters. The highest BCUT2D eigenvalue weighted by Gasteiger charge is 2.21. The highest BCUT2D eigenvalue weighted by atomic mass is 35.5. The van der Waals surface area contributed by atoms with Crippen LogP contribution < -0.4 is 24.4 Å². The molecule has 15 heteroatoms. The van der Waals surface area contributed by atoms with E-state index in [0.29, 0.717) is 23.5 Å². The van der Waals surface area contributed by atoms with Crippen LogP contribution in [-0.2, 0) is 29.6 Å². The first-order valence-electron chi connectivity index (χ1n) is 13.7. The van der Waals surface area contributed by atoms with Crippen molar-refractivity contribution in [2.45, 2.75) is 29.9 Å². The second-order valence-corrected chi connectivity index (χ2v) is 14.1. The molecule has 0 radical (unpaired) electrons. The first-order valence-corrected chi connectivity index (χ1v) is 17.4. The number of piperidine rings is 1. The molecule has 1 heterocycles. The van der Waals surface area contributed by atoms with E-state index in [-0.39, 0.29) is 28.3 Å². The van der Waals surface area contributed by atoms with Gasteiger partial charge in [0.25, 0.3) is 10.0 Å². The zero-order valence-electron chi connectivity index (χ0n) is 24.2. The number of anilines is 3. The number of carbonyl (C=O) groups is 1. The van der Waals surface area contributed by atoms with E-state index in [4.69, 9.17) is 16.3 Å². The van der Waals surface area contributed by atoms with Gasteiger partial charge in [-0.2, -0.15) is 0 Å². The summed E-state index contributed by atoms with van der Waals surface area (Å²) in [5.74, 6) is -0.200. The zero-order valence-corrected chi connectivity index (χ0v) is 26.6. The van der Waals surface area contributed by atoms with Gasteiger partial charge in [-0.3, -0.25) is 9.44 Å². The summed E-state index contributed by atoms with van der Waals surface area (Å²) >= 11 is 6.08. The molecular weight excluding hydrogens is 632 g/mol. The molecule has 4 N–H and O–H groups in total. The van der Waals surface area contributed by atoms with Crippen LogP contribution in [0.5, 0.6) is 5.75 Å². The number of hydrogen-bond donors (Lipinski definition) is 4. The molecule has 0 spiro atoms. The van der Waals surface area contributed by atoms with Gasteiger partial charge in [-0.25, -0.2) is 21.6 Å². The molecule has 0 unspecified atom stereocenters. The first-order chi connectivity index (χ1) is 20.8. The van der Waals surface area contributed by atoms with Crippen molar-refractivity contribution < 1.29 is 36.2 Å². The standard InChI is InChI=1S/C29H35ClN4O8S2/c1-41-29(36)19-42-24-8-10-25(11-9-24)44(39,40)32-22-4-6-23(7-5-22)34-15-13-21(14-16-34)31-18-28(35)20-3-12-26(30)27(17-20)33-43(2,37)38/h3-12,17,21,28,31-33,35H,13-16,18-19H2,1-2H3/t28-/m0/s1. The van der Waals surface area contributed by atoms with Crippen molar-refractivity contribution in [2.75, 3.05) is 54.0 Å². The van der Waals surface area contributed by atoms with Crippen LogP contribution in [0, 0.1) is 0 Å². The molecular formula is C29H35ClN4O8S2. The van der Waals surface area contributed by atoms with E-state index in [1.165, 1.54) is 37.4 Å². The lowest BCUT2D eigenvalue weighted by Crippen LogP contribution is -2.43. The SMILES string of the molecule is COC(=O)COc1ccc(S(=O)(=O)Nc2ccc(N3CCC(NC[C@H](O)c4ccc(Cl)c(NS(C)(=O)=O)c4)CC3)cc2)cc1. The van der Waals surface area contributed by atoms with E-state index >= 15 is 0 Å². The molecule has 238 valence electrons. The maximum absolute atomic E-state index is 12.8. The average molecular weight is 667 g/mol. The largest absolute Gasteiger partial charge is 0.482 e. The van der Waals surface area contributed by atoms with E-state index in [9.17, 15) is 26.7 Å². The number of esters is 1. The molecule has 0 aliphatic carbocycles. The molecule has 0 saturated carbocycles. The minimum absolute atomic E-state index is 0.0498. The van der Waals surface area contributed by atoms with Crippen LogP contribution in [0.15, 0.2) is 71.6 Å². The summed E-state index contributed by atoms with van der Waals surface area (Å²) in [6.45, 7) is 1.56. The maximum Gasteiger partial charge on any atom is 0.343 e. The van der Waals surface area contributed by atoms with Gasteiger partial charge >= 0.3 is 5.97 Å². The summed E-state index contributed by atoms with van der Waals surface area (Å²) in [6.07, 6.45) is 1.86. The highest BCUT2D eigenvalue weighted by Crippen LogP contribution is 2.28. The molecule has 1 aliphatic heterocycles. The fourth-order valence-electron chi connectivity index (χ4n) is 4.64. The van der Waals surface area contributed by atoms with Crippen LogP contribution in [0.25, 0.3) is 0 Å². The molecule has 12 nitrogen and oxygen atoms in total. The lowest BCUT2D eigenvalue weighted by molar-refractivity contribution is -0.142. The van der Waals surface area contributed by atoms with Crippen molar-refractivity contribution in [3.8, 4) is 5.75 Å². The fourth-order valence-corrected chi connectivity index (χ4v) is 6.48. The van der Waals surface area contributed by atoms with Crippen molar-refractivity contribution in [3.63, 3.8) is 0 Å². The van der Waals surface area contributed by atoms with E-state index in [0.717, 1.165) is 37.9 Å². The molecule has 1 fully saturated rings. The Kier molecular flexibility index (Phi) is 11.0. The van der Waals surface area contributed by atoms with E-state index in [2.05, 4.69) is 24.4 Å². The highest BCUT2D eigenvalue weighted by molar-refractivity contribution is 7.92. The Morgan fingerprint density at radius 1 is 1.00 bits per heavy atom. The van der Waals surface area contributed by atoms with E-state index in [1.807, 2.05) is 12.1 Å². The predicted molar refractivity (Wildman–Crippen MR) is 169 cm³/mol. The monoisotopic (exact) mass is 666 g/mol. The van der Waals surface area contributed by atoms with Crippen LogP contribution in [0.3, 0.4) is 0 Å². The number of aliphatic hydroxyl groups excluding tert-OH is 1. The molecule has 3 aromatic rings. The lowest BCUT2D eigenvalue weighted by atomic mass is 10.0. The van der Waals surface area contributed by atoms with Crippen LogP contribution in [0.1, 0.15) is 24.5 Å². The normalized spacial score (nSPS) is 15.0. The second-order valence-electron chi connectivity index (χ2n) is 10.3. The van der Waals surface area contributed by atoms with Crippen molar-refractivity contribution >= 4 is 54.7 Å². The van der Waals surface area contributed by atoms with Gasteiger partial charge in [0.1, 0.15) is 5.75 Å². The third-order valence-electron chi connectivity index (χ3n) is 6.97. The van der Waals surface area contributed by atoms with Crippen LogP contribution in [-0.4, -0.2) is 73.6 Å². The first kappa shape index (κ1) is 33.3. The Hall–Kier alpha value is -3.56. The molecule has 0 aromatic heterocycles. The molecule has 1 aliphatic rings. The minimum atomic E-state index is -3.83. The smallest absolute Gasteiger partial charge is 0.343 e. The van der Waals surface area contributed by atoms with Gasteiger partial charge in [-0.15, -0.1) is 0 Å². The molecule has 1 saturated heterocycles. The van der Waals surface area contributed by atoms with Crippen LogP contribution in [0.4, 0.5) is 17.1 Å². The average Bonchev–Trinajstić information content (AvgIpc) is 2.99. The Labute approximate surface area is 262 Å². The molecule has 0 bridgehead atoms. The van der Waals surface area contributed by atoms with Gasteiger partial charge in [0.05, 0.1) is 35.1 Å². The number of rotatable bonds is 13. The quantitative estimate of drug-likeness (QED) is 0.199. The van der Waals surface area contributed by atoms with E-state index < -0.39 is 32.1 Å². The Morgan fingerprint density at radius 3 is 2.27 bits per heavy atom. The maximum atomic E-state index is 12.8. The van der Waals surface area contributed by atoms with Gasteiger partial charge in [-0.1, -0.05) is 17.7 Å². The van der Waals surface area contributed by atoms with Gasteiger partial charge in [0.15, 0.2) is 6.61 Å². The number of sulfonamides is 2. The number of nitrogens with zero attached hydrogens (tertiary/aromatic N) is 1. The number of hydrogen-bond acceptors (Lipinski definition) is 10.